The molecule has 0 saturated carbocycles. The Morgan fingerprint density at radius 3 is 2.10 bits per heavy atom. The van der Waals surface area contributed by atoms with E-state index in [1.165, 1.54) is 22.0 Å². The first-order chi connectivity index (χ1) is 9.65. The van der Waals surface area contributed by atoms with Crippen molar-refractivity contribution in [2.75, 3.05) is 14.1 Å². The van der Waals surface area contributed by atoms with Crippen molar-refractivity contribution in [2.24, 2.45) is 0 Å². The number of fused-ring (bicyclic) bond motifs is 1. The lowest BCUT2D eigenvalue weighted by Gasteiger charge is -2.29. The standard InChI is InChI=1S/C19H20N/c1-20(2,19-10-4-3-5-11-19)15-16-12-13-17-8-6-7-9-18(17)14-16/h3-14H,15H2,1-2H3/q+1. The maximum absolute atomic E-state index is 2.30. The third kappa shape index (κ3) is 2.59. The molecular weight excluding hydrogens is 242 g/mol. The van der Waals surface area contributed by atoms with Crippen LogP contribution in [-0.2, 0) is 6.54 Å². The highest BCUT2D eigenvalue weighted by Gasteiger charge is 2.19. The Bertz CT molecular complexity index is 714. The molecule has 0 aliphatic carbocycles. The van der Waals surface area contributed by atoms with Gasteiger partial charge in [-0.3, -0.25) is 4.48 Å². The predicted molar refractivity (Wildman–Crippen MR) is 87.7 cm³/mol. The average molecular weight is 262 g/mol. The Morgan fingerprint density at radius 2 is 1.35 bits per heavy atom. The summed E-state index contributed by atoms with van der Waals surface area (Å²) in [5.41, 5.74) is 2.71. The highest BCUT2D eigenvalue weighted by Crippen LogP contribution is 2.23. The van der Waals surface area contributed by atoms with Crippen LogP contribution in [0.25, 0.3) is 10.8 Å². The van der Waals surface area contributed by atoms with Crippen LogP contribution in [0.15, 0.2) is 72.8 Å². The van der Waals surface area contributed by atoms with Crippen LogP contribution < -0.4 is 4.48 Å². The smallest absolute Gasteiger partial charge is 0.132 e. The minimum Gasteiger partial charge on any atom is -0.292 e. The van der Waals surface area contributed by atoms with Gasteiger partial charge in [-0.1, -0.05) is 54.6 Å². The maximum Gasteiger partial charge on any atom is 0.132 e. The highest BCUT2D eigenvalue weighted by molar-refractivity contribution is 5.83. The fourth-order valence-electron chi connectivity index (χ4n) is 2.72. The first-order valence-corrected chi connectivity index (χ1v) is 7.01. The van der Waals surface area contributed by atoms with E-state index in [2.05, 4.69) is 86.9 Å². The van der Waals surface area contributed by atoms with Crippen molar-refractivity contribution >= 4 is 16.5 Å². The topological polar surface area (TPSA) is 0 Å². The molecule has 3 aromatic carbocycles. The molecule has 1 heteroatoms. The zero-order valence-electron chi connectivity index (χ0n) is 12.1. The molecule has 3 aromatic rings. The van der Waals surface area contributed by atoms with Crippen LogP contribution in [-0.4, -0.2) is 14.1 Å². The molecule has 0 aromatic heterocycles. The molecule has 0 fully saturated rings. The van der Waals surface area contributed by atoms with Crippen molar-refractivity contribution in [1.29, 1.82) is 0 Å². The molecule has 0 heterocycles. The van der Waals surface area contributed by atoms with Gasteiger partial charge in [0.05, 0.1) is 14.1 Å². The van der Waals surface area contributed by atoms with Crippen molar-refractivity contribution in [3.8, 4) is 0 Å². The number of quaternary nitrogens is 1. The fourth-order valence-corrected chi connectivity index (χ4v) is 2.72. The molecule has 0 unspecified atom stereocenters. The SMILES string of the molecule is C[N+](C)(Cc1ccc2ccccc2c1)c1ccccc1. The Kier molecular flexibility index (Phi) is 3.29. The van der Waals surface area contributed by atoms with Crippen LogP contribution >= 0.6 is 0 Å². The monoisotopic (exact) mass is 262 g/mol. The summed E-state index contributed by atoms with van der Waals surface area (Å²) >= 11 is 0. The summed E-state index contributed by atoms with van der Waals surface area (Å²) in [4.78, 5) is 0. The van der Waals surface area contributed by atoms with Gasteiger partial charge in [0.25, 0.3) is 0 Å². The van der Waals surface area contributed by atoms with E-state index in [9.17, 15) is 0 Å². The number of rotatable bonds is 3. The lowest BCUT2D eigenvalue weighted by atomic mass is 10.1. The van der Waals surface area contributed by atoms with E-state index in [-0.39, 0.29) is 0 Å². The number of hydrogen-bond acceptors (Lipinski definition) is 0. The van der Waals surface area contributed by atoms with Gasteiger partial charge in [-0.05, 0) is 29.0 Å². The van der Waals surface area contributed by atoms with Gasteiger partial charge in [0.2, 0.25) is 0 Å². The summed E-state index contributed by atoms with van der Waals surface area (Å²) in [6, 6.07) is 26.0. The van der Waals surface area contributed by atoms with E-state index in [1.807, 2.05) is 0 Å². The van der Waals surface area contributed by atoms with Gasteiger partial charge in [0.15, 0.2) is 0 Å². The Hall–Kier alpha value is -2.12. The minimum atomic E-state index is 0.860. The van der Waals surface area contributed by atoms with Gasteiger partial charge in [-0.15, -0.1) is 0 Å². The van der Waals surface area contributed by atoms with Crippen molar-refractivity contribution in [1.82, 2.24) is 4.48 Å². The third-order valence-electron chi connectivity index (χ3n) is 3.85. The van der Waals surface area contributed by atoms with Crippen LogP contribution in [0.5, 0.6) is 0 Å². The Balaban J connectivity index is 1.92. The average Bonchev–Trinajstić information content (AvgIpc) is 2.48. The zero-order chi connectivity index (χ0) is 14.0. The Morgan fingerprint density at radius 1 is 0.700 bits per heavy atom. The van der Waals surface area contributed by atoms with Gasteiger partial charge in [0.1, 0.15) is 12.2 Å². The summed E-state index contributed by atoms with van der Waals surface area (Å²) in [5.74, 6) is 0. The van der Waals surface area contributed by atoms with Crippen molar-refractivity contribution in [3.05, 3.63) is 78.4 Å². The van der Waals surface area contributed by atoms with Gasteiger partial charge in [-0.2, -0.15) is 0 Å². The molecule has 0 N–H and O–H groups in total. The second-order valence-corrected chi connectivity index (χ2v) is 5.86. The molecule has 100 valence electrons. The van der Waals surface area contributed by atoms with E-state index < -0.39 is 0 Å². The first-order valence-electron chi connectivity index (χ1n) is 7.01. The summed E-state index contributed by atoms with van der Waals surface area (Å²) < 4.78 is 0.860. The third-order valence-corrected chi connectivity index (χ3v) is 3.85. The summed E-state index contributed by atoms with van der Waals surface area (Å²) in [5, 5.41) is 2.62. The zero-order valence-corrected chi connectivity index (χ0v) is 12.1. The van der Waals surface area contributed by atoms with E-state index in [0.29, 0.717) is 0 Å². The Labute approximate surface area is 120 Å². The summed E-state index contributed by atoms with van der Waals surface area (Å²) in [6.45, 7) is 0.995. The van der Waals surface area contributed by atoms with Crippen LogP contribution in [0.4, 0.5) is 5.69 Å². The lowest BCUT2D eigenvalue weighted by Crippen LogP contribution is -2.39. The maximum atomic E-state index is 2.30. The van der Waals surface area contributed by atoms with E-state index >= 15 is 0 Å². The molecule has 0 atom stereocenters. The second-order valence-electron chi connectivity index (χ2n) is 5.86. The van der Waals surface area contributed by atoms with E-state index in [4.69, 9.17) is 0 Å². The second kappa shape index (κ2) is 5.10. The molecule has 0 bridgehead atoms. The summed E-state index contributed by atoms with van der Waals surface area (Å²) in [7, 11) is 4.51. The molecule has 0 amide bonds. The number of para-hydroxylation sites is 1. The van der Waals surface area contributed by atoms with Gasteiger partial charge in [-0.25, -0.2) is 0 Å². The quantitative estimate of drug-likeness (QED) is 0.605. The molecule has 3 rings (SSSR count). The number of benzene rings is 3. The van der Waals surface area contributed by atoms with Crippen molar-refractivity contribution in [2.45, 2.75) is 6.54 Å². The van der Waals surface area contributed by atoms with Crippen molar-refractivity contribution in [3.63, 3.8) is 0 Å². The molecule has 0 radical (unpaired) electrons. The number of hydrogen-bond donors (Lipinski definition) is 0. The van der Waals surface area contributed by atoms with Crippen molar-refractivity contribution < 1.29 is 0 Å². The van der Waals surface area contributed by atoms with E-state index in [1.54, 1.807) is 0 Å². The van der Waals surface area contributed by atoms with Gasteiger partial charge < -0.3 is 0 Å². The molecular formula is C19H20N+. The molecule has 0 aliphatic heterocycles. The highest BCUT2D eigenvalue weighted by atomic mass is 15.3. The predicted octanol–water partition coefficient (Wildman–Crippen LogP) is 4.61. The molecule has 0 aliphatic rings. The number of nitrogens with zero attached hydrogens (tertiary/aromatic N) is 1. The van der Waals surface area contributed by atoms with Gasteiger partial charge >= 0.3 is 0 Å². The molecule has 20 heavy (non-hydrogen) atoms. The molecule has 0 saturated heterocycles. The minimum absolute atomic E-state index is 0.860. The lowest BCUT2D eigenvalue weighted by molar-refractivity contribution is 0.392. The normalized spacial score (nSPS) is 11.7. The largest absolute Gasteiger partial charge is 0.292 e. The summed E-state index contributed by atoms with van der Waals surface area (Å²) in [6.07, 6.45) is 0. The van der Waals surface area contributed by atoms with Crippen LogP contribution in [0.2, 0.25) is 0 Å². The van der Waals surface area contributed by atoms with Crippen LogP contribution in [0.3, 0.4) is 0 Å². The first kappa shape index (κ1) is 12.9. The fraction of sp³-hybridized carbons (Fsp3) is 0.158. The van der Waals surface area contributed by atoms with Gasteiger partial charge in [0, 0.05) is 5.56 Å². The molecule has 0 spiro atoms. The van der Waals surface area contributed by atoms with Crippen LogP contribution in [0.1, 0.15) is 5.56 Å². The van der Waals surface area contributed by atoms with E-state index in [0.717, 1.165) is 11.0 Å². The van der Waals surface area contributed by atoms with Crippen LogP contribution in [0, 0.1) is 0 Å². The molecule has 1 nitrogen and oxygen atoms in total.